The fourth-order valence-electron chi connectivity index (χ4n) is 1.86. The molecule has 4 heteroatoms. The van der Waals surface area contributed by atoms with Crippen LogP contribution >= 0.6 is 11.8 Å². The molecule has 1 fully saturated rings. The van der Waals surface area contributed by atoms with Gasteiger partial charge in [-0.25, -0.2) is 4.39 Å². The zero-order chi connectivity index (χ0) is 10.8. The topological polar surface area (TPSA) is 46.2 Å². The quantitative estimate of drug-likeness (QED) is 0.761. The number of anilines is 1. The zero-order valence-corrected chi connectivity index (χ0v) is 9.14. The van der Waals surface area contributed by atoms with Gasteiger partial charge in [0.2, 0.25) is 0 Å². The van der Waals surface area contributed by atoms with Crippen LogP contribution in [0.3, 0.4) is 0 Å². The summed E-state index contributed by atoms with van der Waals surface area (Å²) >= 11 is 1.82. The van der Waals surface area contributed by atoms with Crippen molar-refractivity contribution in [2.75, 3.05) is 17.2 Å². The summed E-state index contributed by atoms with van der Waals surface area (Å²) in [5, 5.41) is 10.1. The molecule has 2 unspecified atom stereocenters. The van der Waals surface area contributed by atoms with E-state index in [9.17, 15) is 9.50 Å². The van der Waals surface area contributed by atoms with Crippen molar-refractivity contribution >= 4 is 17.4 Å². The maximum atomic E-state index is 13.0. The number of nitrogens with two attached hydrogens (primary N) is 1. The Bertz CT molecular complexity index is 352. The predicted molar refractivity (Wildman–Crippen MR) is 61.2 cm³/mol. The number of aliphatic hydroxyl groups is 1. The fourth-order valence-corrected chi connectivity index (χ4v) is 3.15. The van der Waals surface area contributed by atoms with Gasteiger partial charge in [-0.2, -0.15) is 11.8 Å². The van der Waals surface area contributed by atoms with Gasteiger partial charge >= 0.3 is 0 Å². The molecule has 2 atom stereocenters. The minimum atomic E-state index is -0.629. The van der Waals surface area contributed by atoms with Crippen LogP contribution in [0, 0.1) is 11.7 Å². The summed E-state index contributed by atoms with van der Waals surface area (Å²) in [6.45, 7) is 0. The number of thioether (sulfide) groups is 1. The van der Waals surface area contributed by atoms with E-state index in [4.69, 9.17) is 5.73 Å². The van der Waals surface area contributed by atoms with E-state index < -0.39 is 6.10 Å². The molecule has 1 aliphatic heterocycles. The first-order valence-corrected chi connectivity index (χ1v) is 6.14. The lowest BCUT2D eigenvalue weighted by molar-refractivity contribution is 0.121. The van der Waals surface area contributed by atoms with Crippen molar-refractivity contribution in [1.29, 1.82) is 0 Å². The van der Waals surface area contributed by atoms with Crippen LogP contribution in [0.4, 0.5) is 10.1 Å². The number of rotatable bonds is 2. The van der Waals surface area contributed by atoms with Crippen molar-refractivity contribution in [3.8, 4) is 0 Å². The molecular formula is C11H14FNOS. The first-order valence-electron chi connectivity index (χ1n) is 4.99. The van der Waals surface area contributed by atoms with Crippen LogP contribution in [-0.2, 0) is 0 Å². The second-order valence-corrected chi connectivity index (χ2v) is 4.99. The highest BCUT2D eigenvalue weighted by atomic mass is 32.2. The number of halogens is 1. The molecule has 0 bridgehead atoms. The van der Waals surface area contributed by atoms with Gasteiger partial charge in [-0.05, 0) is 42.0 Å². The second-order valence-electron chi connectivity index (χ2n) is 3.84. The molecule has 1 heterocycles. The van der Waals surface area contributed by atoms with E-state index in [0.717, 1.165) is 17.9 Å². The van der Waals surface area contributed by atoms with Gasteiger partial charge in [0.1, 0.15) is 5.82 Å². The van der Waals surface area contributed by atoms with E-state index in [1.165, 1.54) is 18.2 Å². The minimum Gasteiger partial charge on any atom is -0.398 e. The van der Waals surface area contributed by atoms with E-state index in [1.54, 1.807) is 0 Å². The van der Waals surface area contributed by atoms with Gasteiger partial charge in [0, 0.05) is 11.3 Å². The summed E-state index contributed by atoms with van der Waals surface area (Å²) in [4.78, 5) is 0. The normalized spacial score (nSPS) is 22.9. The molecule has 2 rings (SSSR count). The summed E-state index contributed by atoms with van der Waals surface area (Å²) < 4.78 is 13.0. The van der Waals surface area contributed by atoms with E-state index in [2.05, 4.69) is 0 Å². The van der Waals surface area contributed by atoms with E-state index in [-0.39, 0.29) is 11.7 Å². The van der Waals surface area contributed by atoms with E-state index in [0.29, 0.717) is 11.3 Å². The Hall–Kier alpha value is -0.740. The Morgan fingerprint density at radius 2 is 2.33 bits per heavy atom. The summed E-state index contributed by atoms with van der Waals surface area (Å²) in [5.41, 5.74) is 6.73. The summed E-state index contributed by atoms with van der Waals surface area (Å²) in [6, 6.07) is 4.16. The van der Waals surface area contributed by atoms with E-state index >= 15 is 0 Å². The Kier molecular flexibility index (Phi) is 3.17. The van der Waals surface area contributed by atoms with Gasteiger partial charge < -0.3 is 10.8 Å². The smallest absolute Gasteiger partial charge is 0.123 e. The van der Waals surface area contributed by atoms with Crippen molar-refractivity contribution in [1.82, 2.24) is 0 Å². The van der Waals surface area contributed by atoms with Crippen LogP contribution in [0.1, 0.15) is 18.1 Å². The van der Waals surface area contributed by atoms with Crippen molar-refractivity contribution in [3.05, 3.63) is 29.6 Å². The standard InChI is InChI=1S/C11H14FNOS/c12-8-1-2-10(13)9(5-8)11(14)7-3-4-15-6-7/h1-2,5,7,11,14H,3-4,6,13H2. The highest BCUT2D eigenvalue weighted by molar-refractivity contribution is 7.99. The monoisotopic (exact) mass is 227 g/mol. The average Bonchev–Trinajstić information content (AvgIpc) is 2.74. The lowest BCUT2D eigenvalue weighted by Crippen LogP contribution is -2.13. The maximum absolute atomic E-state index is 13.0. The molecule has 0 amide bonds. The van der Waals surface area contributed by atoms with Crippen LogP contribution in [0.2, 0.25) is 0 Å². The Balaban J connectivity index is 2.23. The average molecular weight is 227 g/mol. The SMILES string of the molecule is Nc1ccc(F)cc1C(O)C1CCSC1. The maximum Gasteiger partial charge on any atom is 0.123 e. The molecule has 82 valence electrons. The third kappa shape index (κ3) is 2.26. The predicted octanol–water partition coefficient (Wildman–Crippen LogP) is 2.19. The van der Waals surface area contributed by atoms with Gasteiger partial charge in [-0.1, -0.05) is 0 Å². The molecule has 2 nitrogen and oxygen atoms in total. The molecule has 0 saturated carbocycles. The zero-order valence-electron chi connectivity index (χ0n) is 8.32. The molecule has 0 radical (unpaired) electrons. The Labute approximate surface area is 92.7 Å². The molecule has 1 aromatic carbocycles. The van der Waals surface area contributed by atoms with Crippen molar-refractivity contribution in [2.45, 2.75) is 12.5 Å². The molecule has 0 aromatic heterocycles. The van der Waals surface area contributed by atoms with Crippen molar-refractivity contribution in [2.24, 2.45) is 5.92 Å². The molecule has 1 aliphatic rings. The lowest BCUT2D eigenvalue weighted by atomic mass is 9.94. The van der Waals surface area contributed by atoms with E-state index in [1.807, 2.05) is 11.8 Å². The molecule has 3 N–H and O–H groups in total. The van der Waals surface area contributed by atoms with Gasteiger partial charge in [-0.3, -0.25) is 0 Å². The van der Waals surface area contributed by atoms with Crippen molar-refractivity contribution in [3.63, 3.8) is 0 Å². The van der Waals surface area contributed by atoms with Crippen LogP contribution < -0.4 is 5.73 Å². The molecule has 0 spiro atoms. The van der Waals surface area contributed by atoms with Gasteiger partial charge in [0.25, 0.3) is 0 Å². The van der Waals surface area contributed by atoms with Crippen LogP contribution in [0.5, 0.6) is 0 Å². The largest absolute Gasteiger partial charge is 0.398 e. The molecule has 0 aliphatic carbocycles. The molecule has 1 saturated heterocycles. The minimum absolute atomic E-state index is 0.207. The third-order valence-electron chi connectivity index (χ3n) is 2.78. The summed E-state index contributed by atoms with van der Waals surface area (Å²) in [7, 11) is 0. The highest BCUT2D eigenvalue weighted by Gasteiger charge is 2.26. The van der Waals surface area contributed by atoms with Crippen LogP contribution in [0.15, 0.2) is 18.2 Å². The van der Waals surface area contributed by atoms with Gasteiger partial charge in [-0.15, -0.1) is 0 Å². The molecule has 15 heavy (non-hydrogen) atoms. The molecule has 1 aromatic rings. The van der Waals surface area contributed by atoms with Gasteiger partial charge in [0.05, 0.1) is 6.10 Å². The Morgan fingerprint density at radius 1 is 1.53 bits per heavy atom. The number of aliphatic hydroxyl groups excluding tert-OH is 1. The number of benzene rings is 1. The first-order chi connectivity index (χ1) is 7.18. The van der Waals surface area contributed by atoms with Crippen molar-refractivity contribution < 1.29 is 9.50 Å². The number of hydrogen-bond acceptors (Lipinski definition) is 3. The third-order valence-corrected chi connectivity index (χ3v) is 3.97. The summed E-state index contributed by atoms with van der Waals surface area (Å²) in [5.74, 6) is 1.86. The van der Waals surface area contributed by atoms with Crippen LogP contribution in [-0.4, -0.2) is 16.6 Å². The highest BCUT2D eigenvalue weighted by Crippen LogP contribution is 2.36. The lowest BCUT2D eigenvalue weighted by Gasteiger charge is -2.19. The number of hydrogen-bond donors (Lipinski definition) is 2. The number of nitrogen functional groups attached to an aromatic ring is 1. The summed E-state index contributed by atoms with van der Waals surface area (Å²) in [6.07, 6.45) is 0.345. The Morgan fingerprint density at radius 3 is 3.00 bits per heavy atom. The van der Waals surface area contributed by atoms with Gasteiger partial charge in [0.15, 0.2) is 0 Å². The first kappa shape index (κ1) is 10.8. The second kappa shape index (κ2) is 4.41. The molecular weight excluding hydrogens is 213 g/mol. The fraction of sp³-hybridized carbons (Fsp3) is 0.455. The van der Waals surface area contributed by atoms with Crippen LogP contribution in [0.25, 0.3) is 0 Å².